The number of likely N-dealkylation sites (N-methyl/N-ethyl adjacent to an activating group) is 1. The quantitative estimate of drug-likeness (QED) is 0.833. The van der Waals surface area contributed by atoms with Crippen molar-refractivity contribution in [2.45, 2.75) is 19.1 Å². The van der Waals surface area contributed by atoms with Gasteiger partial charge in [0, 0.05) is 26.2 Å². The second-order valence-electron chi connectivity index (χ2n) is 5.27. The fourth-order valence-corrected chi connectivity index (χ4v) is 2.05. The smallest absolute Gasteiger partial charge is 0.123 e. The molecule has 0 saturated carbocycles. The van der Waals surface area contributed by atoms with Gasteiger partial charge in [0.2, 0.25) is 0 Å². The van der Waals surface area contributed by atoms with Crippen LogP contribution in [0.5, 0.6) is 0 Å². The van der Waals surface area contributed by atoms with Crippen molar-refractivity contribution in [3.8, 4) is 0 Å². The Morgan fingerprint density at radius 1 is 1.44 bits per heavy atom. The van der Waals surface area contributed by atoms with Crippen LogP contribution in [0.25, 0.3) is 0 Å². The van der Waals surface area contributed by atoms with E-state index in [0.717, 1.165) is 31.7 Å². The van der Waals surface area contributed by atoms with Crippen LogP contribution in [0.4, 0.5) is 4.39 Å². The van der Waals surface area contributed by atoms with E-state index >= 15 is 0 Å². The lowest BCUT2D eigenvalue weighted by molar-refractivity contribution is -0.0712. The van der Waals surface area contributed by atoms with Crippen molar-refractivity contribution in [2.75, 3.05) is 33.3 Å². The second-order valence-corrected chi connectivity index (χ2v) is 5.27. The van der Waals surface area contributed by atoms with E-state index in [2.05, 4.69) is 17.1 Å². The Hall–Kier alpha value is -0.970. The summed E-state index contributed by atoms with van der Waals surface area (Å²) in [4.78, 5) is 2.14. The van der Waals surface area contributed by atoms with E-state index in [0.29, 0.717) is 6.61 Å². The van der Waals surface area contributed by atoms with Gasteiger partial charge in [0.25, 0.3) is 0 Å². The molecule has 0 radical (unpaired) electrons. The van der Waals surface area contributed by atoms with Gasteiger partial charge < -0.3 is 10.1 Å². The molecule has 100 valence electrons. The Labute approximate surface area is 108 Å². The molecule has 1 saturated heterocycles. The SMILES string of the molecule is CN(CCOC1(C)CNC1)Cc1cccc(F)c1. The number of ether oxygens (including phenoxy) is 1. The second kappa shape index (κ2) is 5.78. The molecule has 1 N–H and O–H groups in total. The molecule has 1 heterocycles. The number of hydrogen-bond acceptors (Lipinski definition) is 3. The van der Waals surface area contributed by atoms with E-state index in [1.165, 1.54) is 6.07 Å². The van der Waals surface area contributed by atoms with Gasteiger partial charge in [0.15, 0.2) is 0 Å². The molecular weight excluding hydrogens is 231 g/mol. The van der Waals surface area contributed by atoms with Crippen LogP contribution in [0.15, 0.2) is 24.3 Å². The van der Waals surface area contributed by atoms with Gasteiger partial charge in [-0.3, -0.25) is 4.90 Å². The van der Waals surface area contributed by atoms with Crippen LogP contribution in [0, 0.1) is 5.82 Å². The maximum absolute atomic E-state index is 13.0. The molecule has 1 aliphatic heterocycles. The van der Waals surface area contributed by atoms with E-state index in [1.54, 1.807) is 12.1 Å². The summed E-state index contributed by atoms with van der Waals surface area (Å²) in [6.45, 7) is 6.30. The summed E-state index contributed by atoms with van der Waals surface area (Å²) < 4.78 is 18.8. The van der Waals surface area contributed by atoms with E-state index in [9.17, 15) is 4.39 Å². The molecule has 0 unspecified atom stereocenters. The highest BCUT2D eigenvalue weighted by Gasteiger charge is 2.32. The molecule has 0 atom stereocenters. The van der Waals surface area contributed by atoms with Crippen molar-refractivity contribution >= 4 is 0 Å². The topological polar surface area (TPSA) is 24.5 Å². The third-order valence-corrected chi connectivity index (χ3v) is 3.26. The summed E-state index contributed by atoms with van der Waals surface area (Å²) in [5, 5.41) is 3.21. The Kier molecular flexibility index (Phi) is 4.32. The van der Waals surface area contributed by atoms with Crippen molar-refractivity contribution in [3.63, 3.8) is 0 Å². The third-order valence-electron chi connectivity index (χ3n) is 3.26. The van der Waals surface area contributed by atoms with Crippen molar-refractivity contribution in [3.05, 3.63) is 35.6 Å². The molecule has 0 aliphatic carbocycles. The van der Waals surface area contributed by atoms with Gasteiger partial charge in [-0.1, -0.05) is 12.1 Å². The molecule has 1 aromatic rings. The lowest BCUT2D eigenvalue weighted by Gasteiger charge is -2.39. The van der Waals surface area contributed by atoms with Gasteiger partial charge in [-0.05, 0) is 31.7 Å². The third kappa shape index (κ3) is 3.77. The summed E-state index contributed by atoms with van der Waals surface area (Å²) in [5.41, 5.74) is 1.01. The summed E-state index contributed by atoms with van der Waals surface area (Å²) >= 11 is 0. The van der Waals surface area contributed by atoms with Crippen LogP contribution in [0.2, 0.25) is 0 Å². The fraction of sp³-hybridized carbons (Fsp3) is 0.571. The van der Waals surface area contributed by atoms with Crippen molar-refractivity contribution in [1.29, 1.82) is 0 Å². The van der Waals surface area contributed by atoms with Crippen molar-refractivity contribution < 1.29 is 9.13 Å². The highest BCUT2D eigenvalue weighted by atomic mass is 19.1. The lowest BCUT2D eigenvalue weighted by Crippen LogP contribution is -2.59. The van der Waals surface area contributed by atoms with Crippen LogP contribution in [0.1, 0.15) is 12.5 Å². The maximum Gasteiger partial charge on any atom is 0.123 e. The van der Waals surface area contributed by atoms with Gasteiger partial charge in [-0.15, -0.1) is 0 Å². The highest BCUT2D eigenvalue weighted by molar-refractivity contribution is 5.15. The number of hydrogen-bond donors (Lipinski definition) is 1. The van der Waals surface area contributed by atoms with E-state index in [-0.39, 0.29) is 11.4 Å². The monoisotopic (exact) mass is 252 g/mol. The maximum atomic E-state index is 13.0. The van der Waals surface area contributed by atoms with Crippen LogP contribution in [-0.2, 0) is 11.3 Å². The average Bonchev–Trinajstić information content (AvgIpc) is 2.26. The van der Waals surface area contributed by atoms with Gasteiger partial charge in [0.1, 0.15) is 5.82 Å². The molecule has 1 aliphatic rings. The number of benzene rings is 1. The van der Waals surface area contributed by atoms with Crippen molar-refractivity contribution in [2.24, 2.45) is 0 Å². The Morgan fingerprint density at radius 3 is 2.83 bits per heavy atom. The van der Waals surface area contributed by atoms with Crippen molar-refractivity contribution in [1.82, 2.24) is 10.2 Å². The summed E-state index contributed by atoms with van der Waals surface area (Å²) in [6.07, 6.45) is 0. The predicted octanol–water partition coefficient (Wildman–Crippen LogP) is 1.64. The molecule has 0 bridgehead atoms. The first kappa shape index (κ1) is 13.5. The summed E-state index contributed by atoms with van der Waals surface area (Å²) in [6, 6.07) is 6.74. The fourth-order valence-electron chi connectivity index (χ4n) is 2.05. The Morgan fingerprint density at radius 2 is 2.22 bits per heavy atom. The first-order valence-corrected chi connectivity index (χ1v) is 6.35. The highest BCUT2D eigenvalue weighted by Crippen LogP contribution is 2.15. The molecule has 0 spiro atoms. The predicted molar refractivity (Wildman–Crippen MR) is 70.0 cm³/mol. The minimum atomic E-state index is -0.176. The summed E-state index contributed by atoms with van der Waals surface area (Å²) in [7, 11) is 2.02. The normalized spacial score (nSPS) is 17.8. The van der Waals surface area contributed by atoms with Crippen LogP contribution in [-0.4, -0.2) is 43.8 Å². The molecule has 1 fully saturated rings. The van der Waals surface area contributed by atoms with Crippen LogP contribution >= 0.6 is 0 Å². The molecule has 0 aromatic heterocycles. The molecular formula is C14H21FN2O. The van der Waals surface area contributed by atoms with Crippen LogP contribution in [0.3, 0.4) is 0 Å². The Balaban J connectivity index is 1.70. The van der Waals surface area contributed by atoms with Gasteiger partial charge in [-0.2, -0.15) is 0 Å². The number of nitrogens with zero attached hydrogens (tertiary/aromatic N) is 1. The zero-order valence-corrected chi connectivity index (χ0v) is 11.1. The molecule has 1 aromatic carbocycles. The van der Waals surface area contributed by atoms with Gasteiger partial charge >= 0.3 is 0 Å². The van der Waals surface area contributed by atoms with Gasteiger partial charge in [-0.25, -0.2) is 4.39 Å². The van der Waals surface area contributed by atoms with Crippen LogP contribution < -0.4 is 5.32 Å². The zero-order chi connectivity index (χ0) is 13.0. The minimum Gasteiger partial charge on any atom is -0.371 e. The first-order valence-electron chi connectivity index (χ1n) is 6.35. The number of halogens is 1. The average molecular weight is 252 g/mol. The molecule has 4 heteroatoms. The standard InChI is InChI=1S/C14H21FN2O/c1-14(10-16-11-14)18-7-6-17(2)9-12-4-3-5-13(15)8-12/h3-5,8,16H,6-7,9-11H2,1-2H3. The summed E-state index contributed by atoms with van der Waals surface area (Å²) in [5.74, 6) is -0.176. The minimum absolute atomic E-state index is 0.0136. The van der Waals surface area contributed by atoms with E-state index in [4.69, 9.17) is 4.74 Å². The molecule has 0 amide bonds. The van der Waals surface area contributed by atoms with E-state index < -0.39 is 0 Å². The largest absolute Gasteiger partial charge is 0.371 e. The lowest BCUT2D eigenvalue weighted by atomic mass is 10.0. The van der Waals surface area contributed by atoms with Gasteiger partial charge in [0.05, 0.1) is 12.2 Å². The molecule has 2 rings (SSSR count). The molecule has 18 heavy (non-hydrogen) atoms. The number of nitrogens with one attached hydrogen (secondary N) is 1. The molecule has 3 nitrogen and oxygen atoms in total. The Bertz CT molecular complexity index is 393. The zero-order valence-electron chi connectivity index (χ0n) is 11.1. The first-order chi connectivity index (χ1) is 8.57. The number of rotatable bonds is 6. The van der Waals surface area contributed by atoms with E-state index in [1.807, 2.05) is 13.1 Å².